The lowest BCUT2D eigenvalue weighted by molar-refractivity contribution is 0.296. The number of benzene rings is 1. The van der Waals surface area contributed by atoms with E-state index in [-0.39, 0.29) is 0 Å². The summed E-state index contributed by atoms with van der Waals surface area (Å²) in [6.45, 7) is 2.19. The van der Waals surface area contributed by atoms with E-state index in [0.29, 0.717) is 6.61 Å². The molecule has 4 nitrogen and oxygen atoms in total. The molecule has 0 aliphatic carbocycles. The molecule has 0 amide bonds. The average Bonchev–Trinajstić information content (AvgIpc) is 3.01. The quantitative estimate of drug-likeness (QED) is 0.695. The highest BCUT2D eigenvalue weighted by Crippen LogP contribution is 2.09. The van der Waals surface area contributed by atoms with Crippen molar-refractivity contribution in [2.24, 2.45) is 0 Å². The summed E-state index contributed by atoms with van der Waals surface area (Å²) in [4.78, 5) is 4.04. The minimum atomic E-state index is 0.295. The van der Waals surface area contributed by atoms with Crippen molar-refractivity contribution in [3.8, 4) is 5.69 Å². The number of hydrogen-bond acceptors (Lipinski definition) is 4. The maximum Gasteiger partial charge on any atom is 0.0991 e. The first-order chi connectivity index (χ1) is 9.90. The normalized spacial score (nSPS) is 10.8. The van der Waals surface area contributed by atoms with Crippen LogP contribution in [0.15, 0.2) is 43.0 Å². The number of imidazole rings is 1. The van der Waals surface area contributed by atoms with E-state index in [1.165, 1.54) is 5.56 Å². The summed E-state index contributed by atoms with van der Waals surface area (Å²) in [5, 5.41) is 12.1. The standard InChI is InChI=1S/C15H21N3OS/c19-9-1-10-20-11-7-16-12-14-2-4-15(5-3-14)18-8-6-17-13-18/h2-6,8,13,16,19H,1,7,9-12H2. The minimum Gasteiger partial charge on any atom is -0.396 e. The summed E-state index contributed by atoms with van der Waals surface area (Å²) < 4.78 is 2.00. The Balaban J connectivity index is 1.67. The zero-order valence-corrected chi connectivity index (χ0v) is 12.4. The molecule has 0 aliphatic rings. The van der Waals surface area contributed by atoms with Crippen LogP contribution in [0.5, 0.6) is 0 Å². The fourth-order valence-electron chi connectivity index (χ4n) is 1.84. The van der Waals surface area contributed by atoms with Crippen molar-refractivity contribution in [2.45, 2.75) is 13.0 Å². The van der Waals surface area contributed by atoms with Crippen LogP contribution in [0, 0.1) is 0 Å². The second kappa shape index (κ2) is 8.79. The Hall–Kier alpha value is -1.30. The van der Waals surface area contributed by atoms with Crippen LogP contribution >= 0.6 is 11.8 Å². The van der Waals surface area contributed by atoms with Gasteiger partial charge in [-0.05, 0) is 29.9 Å². The van der Waals surface area contributed by atoms with E-state index in [1.54, 1.807) is 12.5 Å². The summed E-state index contributed by atoms with van der Waals surface area (Å²) >= 11 is 1.88. The molecule has 20 heavy (non-hydrogen) atoms. The molecule has 0 aliphatic heterocycles. The third kappa shape index (κ3) is 5.00. The Morgan fingerprint density at radius 3 is 2.75 bits per heavy atom. The van der Waals surface area contributed by atoms with Gasteiger partial charge in [0.25, 0.3) is 0 Å². The lowest BCUT2D eigenvalue weighted by Crippen LogP contribution is -2.16. The van der Waals surface area contributed by atoms with Crippen LogP contribution in [-0.4, -0.2) is 39.3 Å². The van der Waals surface area contributed by atoms with E-state index >= 15 is 0 Å². The van der Waals surface area contributed by atoms with E-state index in [4.69, 9.17) is 5.11 Å². The predicted octanol–water partition coefficient (Wildman–Crippen LogP) is 2.08. The second-order valence-corrected chi connectivity index (χ2v) is 5.73. The van der Waals surface area contributed by atoms with Crippen LogP contribution in [0.2, 0.25) is 0 Å². The molecule has 108 valence electrons. The Kier molecular flexibility index (Phi) is 6.63. The summed E-state index contributed by atoms with van der Waals surface area (Å²) in [5.74, 6) is 2.13. The molecule has 2 rings (SSSR count). The Bertz CT molecular complexity index is 470. The lowest BCUT2D eigenvalue weighted by atomic mass is 10.2. The van der Waals surface area contributed by atoms with Crippen molar-refractivity contribution < 1.29 is 5.11 Å². The number of aliphatic hydroxyl groups is 1. The number of thioether (sulfide) groups is 1. The molecule has 0 atom stereocenters. The highest BCUT2D eigenvalue weighted by atomic mass is 32.2. The van der Waals surface area contributed by atoms with Gasteiger partial charge in [-0.3, -0.25) is 0 Å². The maximum atomic E-state index is 8.67. The molecule has 1 aromatic heterocycles. The predicted molar refractivity (Wildman–Crippen MR) is 84.3 cm³/mol. The van der Waals surface area contributed by atoms with Gasteiger partial charge in [0.2, 0.25) is 0 Å². The van der Waals surface area contributed by atoms with Crippen LogP contribution < -0.4 is 5.32 Å². The van der Waals surface area contributed by atoms with Gasteiger partial charge in [-0.1, -0.05) is 12.1 Å². The largest absolute Gasteiger partial charge is 0.396 e. The fourth-order valence-corrected chi connectivity index (χ4v) is 2.67. The SMILES string of the molecule is OCCCSCCNCc1ccc(-n2ccnc2)cc1. The maximum absolute atomic E-state index is 8.67. The molecule has 0 saturated carbocycles. The van der Waals surface area contributed by atoms with Crippen LogP contribution in [0.25, 0.3) is 5.69 Å². The molecule has 0 fully saturated rings. The smallest absolute Gasteiger partial charge is 0.0991 e. The zero-order chi connectivity index (χ0) is 14.0. The molecule has 0 radical (unpaired) electrons. The monoisotopic (exact) mass is 291 g/mol. The summed E-state index contributed by atoms with van der Waals surface area (Å²) in [7, 11) is 0. The molecule has 0 spiro atoms. The van der Waals surface area contributed by atoms with Gasteiger partial charge >= 0.3 is 0 Å². The van der Waals surface area contributed by atoms with Gasteiger partial charge in [0.1, 0.15) is 0 Å². The molecule has 0 saturated heterocycles. The molecular formula is C15H21N3OS. The highest BCUT2D eigenvalue weighted by molar-refractivity contribution is 7.99. The van der Waals surface area contributed by atoms with Gasteiger partial charge in [-0.25, -0.2) is 4.98 Å². The Morgan fingerprint density at radius 1 is 1.20 bits per heavy atom. The van der Waals surface area contributed by atoms with Gasteiger partial charge in [-0.15, -0.1) is 0 Å². The van der Waals surface area contributed by atoms with Crippen LogP contribution in [-0.2, 0) is 6.54 Å². The first-order valence-electron chi connectivity index (χ1n) is 6.87. The summed E-state index contributed by atoms with van der Waals surface area (Å²) in [6.07, 6.45) is 6.41. The average molecular weight is 291 g/mol. The van der Waals surface area contributed by atoms with Gasteiger partial charge in [0, 0.05) is 43.5 Å². The molecule has 5 heteroatoms. The molecule has 2 N–H and O–H groups in total. The Morgan fingerprint density at radius 2 is 2.05 bits per heavy atom. The number of aliphatic hydroxyl groups excluding tert-OH is 1. The number of nitrogens with one attached hydrogen (secondary N) is 1. The van der Waals surface area contributed by atoms with Crippen molar-refractivity contribution in [2.75, 3.05) is 24.7 Å². The van der Waals surface area contributed by atoms with E-state index in [0.717, 1.165) is 36.7 Å². The van der Waals surface area contributed by atoms with Gasteiger partial charge in [0.05, 0.1) is 6.33 Å². The molecule has 1 aromatic carbocycles. The number of nitrogens with zero attached hydrogens (tertiary/aromatic N) is 2. The number of aromatic nitrogens is 2. The van der Waals surface area contributed by atoms with Gasteiger partial charge < -0.3 is 15.0 Å². The zero-order valence-electron chi connectivity index (χ0n) is 11.5. The van der Waals surface area contributed by atoms with Crippen molar-refractivity contribution in [3.63, 3.8) is 0 Å². The second-order valence-electron chi connectivity index (χ2n) is 4.50. The fraction of sp³-hybridized carbons (Fsp3) is 0.400. The summed E-state index contributed by atoms with van der Waals surface area (Å²) in [6, 6.07) is 8.49. The molecule has 2 aromatic rings. The van der Waals surface area contributed by atoms with Crippen LogP contribution in [0.3, 0.4) is 0 Å². The number of hydrogen-bond donors (Lipinski definition) is 2. The first kappa shape index (κ1) is 15.1. The molecular weight excluding hydrogens is 270 g/mol. The van der Waals surface area contributed by atoms with E-state index in [9.17, 15) is 0 Å². The van der Waals surface area contributed by atoms with Crippen molar-refractivity contribution >= 4 is 11.8 Å². The first-order valence-corrected chi connectivity index (χ1v) is 8.02. The van der Waals surface area contributed by atoms with Crippen LogP contribution in [0.4, 0.5) is 0 Å². The van der Waals surface area contributed by atoms with Gasteiger partial charge in [0.15, 0.2) is 0 Å². The lowest BCUT2D eigenvalue weighted by Gasteiger charge is -2.06. The third-order valence-corrected chi connectivity index (χ3v) is 4.01. The topological polar surface area (TPSA) is 50.1 Å². The molecule has 1 heterocycles. The van der Waals surface area contributed by atoms with Crippen molar-refractivity contribution in [1.29, 1.82) is 0 Å². The van der Waals surface area contributed by atoms with Crippen molar-refractivity contribution in [3.05, 3.63) is 48.5 Å². The Labute approximate surface area is 124 Å². The molecule has 0 unspecified atom stereocenters. The molecule has 0 bridgehead atoms. The van der Waals surface area contributed by atoms with E-state index in [1.807, 2.05) is 22.5 Å². The van der Waals surface area contributed by atoms with Crippen molar-refractivity contribution in [1.82, 2.24) is 14.9 Å². The van der Waals surface area contributed by atoms with Gasteiger partial charge in [-0.2, -0.15) is 11.8 Å². The minimum absolute atomic E-state index is 0.295. The van der Waals surface area contributed by atoms with E-state index < -0.39 is 0 Å². The highest BCUT2D eigenvalue weighted by Gasteiger charge is 1.97. The summed E-state index contributed by atoms with van der Waals surface area (Å²) in [5.41, 5.74) is 2.42. The van der Waals surface area contributed by atoms with E-state index in [2.05, 4.69) is 34.6 Å². The number of rotatable bonds is 9. The third-order valence-electron chi connectivity index (χ3n) is 2.94. The van der Waals surface area contributed by atoms with Crippen LogP contribution in [0.1, 0.15) is 12.0 Å².